The quantitative estimate of drug-likeness (QED) is 0.0441. The zero-order valence-corrected chi connectivity index (χ0v) is 33.5. The van der Waals surface area contributed by atoms with Crippen molar-refractivity contribution in [3.63, 3.8) is 0 Å². The number of aliphatic hydroxyl groups is 2. The van der Waals surface area contributed by atoms with Crippen LogP contribution in [-0.4, -0.2) is 34.9 Å². The lowest BCUT2D eigenvalue weighted by Gasteiger charge is -2.22. The van der Waals surface area contributed by atoms with Gasteiger partial charge < -0.3 is 15.5 Å². The van der Waals surface area contributed by atoms with Gasteiger partial charge in [0.05, 0.1) is 18.8 Å². The Kier molecular flexibility index (Phi) is 40.8. The molecule has 0 rings (SSSR count). The summed E-state index contributed by atoms with van der Waals surface area (Å²) in [6.45, 7) is 4.37. The average molecular weight is 692 g/mol. The number of aliphatic hydroxyl groups excluding tert-OH is 2. The molecule has 3 N–H and O–H groups in total. The third kappa shape index (κ3) is 38.2. The van der Waals surface area contributed by atoms with Crippen LogP contribution in [0.3, 0.4) is 0 Å². The SMILES string of the molecule is CCCCCCCCCCC/C=C\CCCCCCCCCC(=O)NC(CO)C(O)CCCCCCCCCCCCCCCCCCC. The number of nitrogens with one attached hydrogen (secondary N) is 1. The Morgan fingerprint density at radius 1 is 0.469 bits per heavy atom. The number of rotatable bonds is 41. The van der Waals surface area contributed by atoms with Gasteiger partial charge in [-0.15, -0.1) is 0 Å². The van der Waals surface area contributed by atoms with Gasteiger partial charge >= 0.3 is 0 Å². The molecule has 0 aliphatic carbocycles. The van der Waals surface area contributed by atoms with E-state index in [4.69, 9.17) is 0 Å². The van der Waals surface area contributed by atoms with Gasteiger partial charge in [0.15, 0.2) is 0 Å². The molecule has 4 nitrogen and oxygen atoms in total. The predicted octanol–water partition coefficient (Wildman–Crippen LogP) is 13.9. The van der Waals surface area contributed by atoms with Crippen LogP contribution in [-0.2, 0) is 4.79 Å². The van der Waals surface area contributed by atoms with Crippen LogP contribution in [0.1, 0.15) is 251 Å². The topological polar surface area (TPSA) is 69.6 Å². The van der Waals surface area contributed by atoms with Gasteiger partial charge in [-0.1, -0.05) is 219 Å². The van der Waals surface area contributed by atoms with Crippen LogP contribution < -0.4 is 5.32 Å². The largest absolute Gasteiger partial charge is 0.394 e. The van der Waals surface area contributed by atoms with Crippen molar-refractivity contribution < 1.29 is 15.0 Å². The molecule has 0 aliphatic rings. The third-order valence-corrected chi connectivity index (χ3v) is 10.5. The number of hydrogen-bond donors (Lipinski definition) is 3. The Morgan fingerprint density at radius 3 is 1.12 bits per heavy atom. The van der Waals surface area contributed by atoms with E-state index < -0.39 is 12.1 Å². The Bertz CT molecular complexity index is 666. The molecule has 2 unspecified atom stereocenters. The lowest BCUT2D eigenvalue weighted by Crippen LogP contribution is -2.45. The molecule has 0 aliphatic heterocycles. The minimum absolute atomic E-state index is 0.0327. The van der Waals surface area contributed by atoms with Gasteiger partial charge in [0, 0.05) is 6.42 Å². The second kappa shape index (κ2) is 41.5. The monoisotopic (exact) mass is 692 g/mol. The Balaban J connectivity index is 3.50. The number of unbranched alkanes of at least 4 members (excludes halogenated alkanes) is 32. The summed E-state index contributed by atoms with van der Waals surface area (Å²) in [7, 11) is 0. The second-order valence-electron chi connectivity index (χ2n) is 15.5. The highest BCUT2D eigenvalue weighted by molar-refractivity contribution is 5.76. The van der Waals surface area contributed by atoms with Crippen molar-refractivity contribution in [2.75, 3.05) is 6.61 Å². The van der Waals surface area contributed by atoms with Gasteiger partial charge in [-0.3, -0.25) is 4.79 Å². The molecule has 0 bridgehead atoms. The van der Waals surface area contributed by atoms with Crippen LogP contribution in [0.2, 0.25) is 0 Å². The van der Waals surface area contributed by atoms with Crippen molar-refractivity contribution in [2.24, 2.45) is 0 Å². The van der Waals surface area contributed by atoms with E-state index in [9.17, 15) is 15.0 Å². The first-order chi connectivity index (χ1) is 24.2. The van der Waals surface area contributed by atoms with Crippen molar-refractivity contribution >= 4 is 5.91 Å². The number of amides is 1. The summed E-state index contributed by atoms with van der Waals surface area (Å²) in [6.07, 6.45) is 51.4. The van der Waals surface area contributed by atoms with E-state index in [2.05, 4.69) is 31.3 Å². The summed E-state index contributed by atoms with van der Waals surface area (Å²) in [6, 6.07) is -0.535. The van der Waals surface area contributed by atoms with Gasteiger partial charge in [-0.25, -0.2) is 0 Å². The summed E-state index contributed by atoms with van der Waals surface area (Å²) in [4.78, 5) is 12.4. The molecular formula is C45H89NO3. The molecule has 292 valence electrons. The first-order valence-corrected chi connectivity index (χ1v) is 22.4. The first kappa shape index (κ1) is 48.1. The molecule has 0 aromatic heterocycles. The molecular weight excluding hydrogens is 602 g/mol. The van der Waals surface area contributed by atoms with Gasteiger partial charge in [-0.2, -0.15) is 0 Å². The molecule has 4 heteroatoms. The van der Waals surface area contributed by atoms with Gasteiger partial charge in [0.25, 0.3) is 0 Å². The lowest BCUT2D eigenvalue weighted by molar-refractivity contribution is -0.123. The minimum Gasteiger partial charge on any atom is -0.394 e. The molecule has 0 heterocycles. The molecule has 0 spiro atoms. The highest BCUT2D eigenvalue weighted by Crippen LogP contribution is 2.16. The van der Waals surface area contributed by atoms with Crippen LogP contribution in [0.25, 0.3) is 0 Å². The van der Waals surface area contributed by atoms with E-state index in [1.807, 2.05) is 0 Å². The zero-order chi connectivity index (χ0) is 35.7. The smallest absolute Gasteiger partial charge is 0.220 e. The Morgan fingerprint density at radius 2 is 0.776 bits per heavy atom. The van der Waals surface area contributed by atoms with Crippen LogP contribution in [0, 0.1) is 0 Å². The number of allylic oxidation sites excluding steroid dienone is 2. The van der Waals surface area contributed by atoms with Crippen molar-refractivity contribution in [2.45, 2.75) is 264 Å². The molecule has 0 fully saturated rings. The molecule has 0 saturated heterocycles. The summed E-state index contributed by atoms with van der Waals surface area (Å²) in [5.74, 6) is -0.0327. The van der Waals surface area contributed by atoms with Gasteiger partial charge in [-0.05, 0) is 38.5 Å². The standard InChI is InChI=1S/C45H89NO3/c1-3-5-7-9-11-13-15-17-19-21-22-23-25-27-29-31-33-35-37-39-41-45(49)46-43(42-47)44(48)40-38-36-34-32-30-28-26-24-20-18-16-14-12-10-8-6-4-2/h22-23,43-44,47-48H,3-21,24-42H2,1-2H3,(H,46,49)/b23-22-. The summed E-state index contributed by atoms with van der Waals surface area (Å²) in [5, 5.41) is 23.2. The van der Waals surface area contributed by atoms with E-state index in [1.54, 1.807) is 0 Å². The maximum atomic E-state index is 12.4. The van der Waals surface area contributed by atoms with Crippen LogP contribution in [0.15, 0.2) is 12.2 Å². The maximum absolute atomic E-state index is 12.4. The van der Waals surface area contributed by atoms with Crippen molar-refractivity contribution in [1.29, 1.82) is 0 Å². The van der Waals surface area contributed by atoms with Crippen LogP contribution >= 0.6 is 0 Å². The molecule has 0 saturated carbocycles. The van der Waals surface area contributed by atoms with Crippen molar-refractivity contribution in [3.05, 3.63) is 12.2 Å². The third-order valence-electron chi connectivity index (χ3n) is 10.5. The normalized spacial score (nSPS) is 13.0. The fourth-order valence-corrected chi connectivity index (χ4v) is 7.06. The van der Waals surface area contributed by atoms with Gasteiger partial charge in [0.1, 0.15) is 0 Å². The first-order valence-electron chi connectivity index (χ1n) is 22.4. The highest BCUT2D eigenvalue weighted by Gasteiger charge is 2.20. The lowest BCUT2D eigenvalue weighted by atomic mass is 10.0. The Hall–Kier alpha value is -0.870. The fourth-order valence-electron chi connectivity index (χ4n) is 7.06. The van der Waals surface area contributed by atoms with Crippen LogP contribution in [0.4, 0.5) is 0 Å². The molecule has 2 atom stereocenters. The molecule has 0 aromatic carbocycles. The summed E-state index contributed by atoms with van der Waals surface area (Å²) in [5.41, 5.74) is 0. The van der Waals surface area contributed by atoms with E-state index >= 15 is 0 Å². The predicted molar refractivity (Wildman–Crippen MR) is 216 cm³/mol. The van der Waals surface area contributed by atoms with Gasteiger partial charge in [0.2, 0.25) is 5.91 Å². The zero-order valence-electron chi connectivity index (χ0n) is 33.5. The van der Waals surface area contributed by atoms with E-state index in [0.29, 0.717) is 12.8 Å². The maximum Gasteiger partial charge on any atom is 0.220 e. The molecule has 1 amide bonds. The number of hydrogen-bond acceptors (Lipinski definition) is 3. The second-order valence-corrected chi connectivity index (χ2v) is 15.5. The van der Waals surface area contributed by atoms with Crippen molar-refractivity contribution in [1.82, 2.24) is 5.32 Å². The average Bonchev–Trinajstić information content (AvgIpc) is 3.10. The summed E-state index contributed by atoms with van der Waals surface area (Å²) < 4.78 is 0. The van der Waals surface area contributed by atoms with Crippen LogP contribution in [0.5, 0.6) is 0 Å². The number of carbonyl (C=O) groups excluding carboxylic acids is 1. The van der Waals surface area contributed by atoms with E-state index in [1.165, 1.54) is 199 Å². The van der Waals surface area contributed by atoms with Crippen molar-refractivity contribution in [3.8, 4) is 0 Å². The molecule has 0 radical (unpaired) electrons. The van der Waals surface area contributed by atoms with E-state index in [0.717, 1.165) is 25.7 Å². The summed E-state index contributed by atoms with van der Waals surface area (Å²) >= 11 is 0. The molecule has 0 aromatic rings. The highest BCUT2D eigenvalue weighted by atomic mass is 16.3. The molecule has 49 heavy (non-hydrogen) atoms. The minimum atomic E-state index is -0.657. The number of carbonyl (C=O) groups is 1. The van der Waals surface area contributed by atoms with E-state index in [-0.39, 0.29) is 12.5 Å². The fraction of sp³-hybridized carbons (Fsp3) is 0.933. The Labute approximate surface area is 307 Å².